The van der Waals surface area contributed by atoms with E-state index in [1.807, 2.05) is 7.05 Å². The lowest BCUT2D eigenvalue weighted by Gasteiger charge is -2.13. The van der Waals surface area contributed by atoms with Gasteiger partial charge in [-0.3, -0.25) is 4.90 Å². The highest BCUT2D eigenvalue weighted by Crippen LogP contribution is 2.17. The summed E-state index contributed by atoms with van der Waals surface area (Å²) in [5.74, 6) is 2.08. The molecule has 2 aromatic heterocycles. The molecule has 98 valence electrons. The van der Waals surface area contributed by atoms with Crippen LogP contribution >= 0.6 is 11.3 Å². The lowest BCUT2D eigenvalue weighted by molar-refractivity contribution is 0.283. The molecular weight excluding hydrogens is 244 g/mol. The van der Waals surface area contributed by atoms with Gasteiger partial charge in [0.2, 0.25) is 0 Å². The highest BCUT2D eigenvalue weighted by atomic mass is 32.1. The van der Waals surface area contributed by atoms with Crippen molar-refractivity contribution in [1.82, 2.24) is 10.2 Å². The van der Waals surface area contributed by atoms with Crippen molar-refractivity contribution in [1.29, 1.82) is 0 Å². The molecule has 4 heteroatoms. The number of furan rings is 1. The Morgan fingerprint density at radius 1 is 1.39 bits per heavy atom. The summed E-state index contributed by atoms with van der Waals surface area (Å²) < 4.78 is 5.84. The average molecular weight is 264 g/mol. The molecule has 0 saturated heterocycles. The fourth-order valence-corrected chi connectivity index (χ4v) is 2.68. The van der Waals surface area contributed by atoms with Gasteiger partial charge in [-0.2, -0.15) is 11.3 Å². The quantitative estimate of drug-likeness (QED) is 0.869. The minimum absolute atomic E-state index is 0.792. The molecule has 0 spiro atoms. The summed E-state index contributed by atoms with van der Waals surface area (Å²) in [4.78, 5) is 2.27. The van der Waals surface area contributed by atoms with Gasteiger partial charge in [-0.05, 0) is 55.0 Å². The minimum Gasteiger partial charge on any atom is -0.463 e. The number of nitrogens with zero attached hydrogens (tertiary/aromatic N) is 1. The first-order chi connectivity index (χ1) is 8.69. The number of rotatable bonds is 6. The van der Waals surface area contributed by atoms with Gasteiger partial charge < -0.3 is 9.73 Å². The Bertz CT molecular complexity index is 476. The second-order valence-corrected chi connectivity index (χ2v) is 5.43. The van der Waals surface area contributed by atoms with E-state index in [2.05, 4.69) is 47.1 Å². The van der Waals surface area contributed by atoms with E-state index in [1.54, 1.807) is 11.3 Å². The maximum absolute atomic E-state index is 5.84. The second kappa shape index (κ2) is 6.18. The van der Waals surface area contributed by atoms with Crippen LogP contribution in [0.4, 0.5) is 0 Å². The van der Waals surface area contributed by atoms with Crippen molar-refractivity contribution in [2.75, 3.05) is 14.1 Å². The van der Waals surface area contributed by atoms with Crippen LogP contribution in [-0.4, -0.2) is 19.0 Å². The van der Waals surface area contributed by atoms with E-state index in [1.165, 1.54) is 11.1 Å². The average Bonchev–Trinajstić information content (AvgIpc) is 2.90. The van der Waals surface area contributed by atoms with E-state index in [4.69, 9.17) is 4.42 Å². The molecule has 2 heterocycles. The van der Waals surface area contributed by atoms with Crippen LogP contribution in [0.1, 0.15) is 22.6 Å². The van der Waals surface area contributed by atoms with Gasteiger partial charge in [-0.25, -0.2) is 0 Å². The molecule has 0 bridgehead atoms. The third kappa shape index (κ3) is 3.45. The van der Waals surface area contributed by atoms with Crippen LogP contribution in [0.25, 0.3) is 0 Å². The fourth-order valence-electron chi connectivity index (χ4n) is 2.02. The van der Waals surface area contributed by atoms with Crippen LogP contribution in [0.15, 0.2) is 27.3 Å². The minimum atomic E-state index is 0.792. The third-order valence-corrected chi connectivity index (χ3v) is 3.60. The van der Waals surface area contributed by atoms with Crippen LogP contribution in [0.3, 0.4) is 0 Å². The summed E-state index contributed by atoms with van der Waals surface area (Å²) in [6, 6.07) is 4.30. The number of thiophene rings is 1. The molecule has 0 aromatic carbocycles. The van der Waals surface area contributed by atoms with E-state index in [9.17, 15) is 0 Å². The SMILES string of the molecule is CNCc1oc(CN(C)Cc2ccsc2)cc1C. The normalized spacial score (nSPS) is 11.3. The molecule has 2 rings (SSSR count). The summed E-state index contributed by atoms with van der Waals surface area (Å²) in [5, 5.41) is 7.43. The molecule has 0 atom stereocenters. The number of aryl methyl sites for hydroxylation is 1. The molecule has 2 aromatic rings. The van der Waals surface area contributed by atoms with Crippen LogP contribution in [-0.2, 0) is 19.6 Å². The van der Waals surface area contributed by atoms with Gasteiger partial charge in [0.05, 0.1) is 13.1 Å². The van der Waals surface area contributed by atoms with Crippen molar-refractivity contribution in [3.8, 4) is 0 Å². The summed E-state index contributed by atoms with van der Waals surface area (Å²) in [7, 11) is 4.05. The largest absolute Gasteiger partial charge is 0.463 e. The van der Waals surface area contributed by atoms with Crippen LogP contribution in [0.2, 0.25) is 0 Å². The van der Waals surface area contributed by atoms with Crippen molar-refractivity contribution in [3.05, 3.63) is 45.5 Å². The molecule has 0 fully saturated rings. The fraction of sp³-hybridized carbons (Fsp3) is 0.429. The van der Waals surface area contributed by atoms with Gasteiger partial charge in [0.15, 0.2) is 0 Å². The maximum Gasteiger partial charge on any atom is 0.120 e. The van der Waals surface area contributed by atoms with Crippen LogP contribution in [0.5, 0.6) is 0 Å². The molecule has 1 N–H and O–H groups in total. The maximum atomic E-state index is 5.84. The standard InChI is InChI=1S/C14H20N2OS/c1-11-6-13(17-14(11)7-15-2)9-16(3)8-12-4-5-18-10-12/h4-6,10,15H,7-9H2,1-3H3. The smallest absolute Gasteiger partial charge is 0.120 e. The molecule has 0 amide bonds. The van der Waals surface area contributed by atoms with E-state index in [-0.39, 0.29) is 0 Å². The number of hydrogen-bond acceptors (Lipinski definition) is 4. The van der Waals surface area contributed by atoms with Gasteiger partial charge in [0.25, 0.3) is 0 Å². The summed E-state index contributed by atoms with van der Waals surface area (Å²) >= 11 is 1.74. The van der Waals surface area contributed by atoms with Crippen molar-refractivity contribution < 1.29 is 4.42 Å². The zero-order valence-electron chi connectivity index (χ0n) is 11.2. The molecule has 0 aliphatic carbocycles. The Balaban J connectivity index is 1.94. The molecular formula is C14H20N2OS. The Labute approximate surface area is 112 Å². The van der Waals surface area contributed by atoms with Gasteiger partial charge in [-0.15, -0.1) is 0 Å². The zero-order valence-corrected chi connectivity index (χ0v) is 12.0. The Morgan fingerprint density at radius 2 is 2.22 bits per heavy atom. The predicted octanol–water partition coefficient (Wildman–Crippen LogP) is 3.00. The highest BCUT2D eigenvalue weighted by Gasteiger charge is 2.09. The highest BCUT2D eigenvalue weighted by molar-refractivity contribution is 7.07. The van der Waals surface area contributed by atoms with Crippen molar-refractivity contribution in [3.63, 3.8) is 0 Å². The molecule has 0 aliphatic rings. The lowest BCUT2D eigenvalue weighted by Crippen LogP contribution is -2.16. The molecule has 3 nitrogen and oxygen atoms in total. The van der Waals surface area contributed by atoms with E-state index in [0.29, 0.717) is 0 Å². The summed E-state index contributed by atoms with van der Waals surface area (Å²) in [5.41, 5.74) is 2.59. The summed E-state index contributed by atoms with van der Waals surface area (Å²) in [6.45, 7) is 4.70. The number of nitrogens with one attached hydrogen (secondary N) is 1. The Kier molecular flexibility index (Phi) is 4.58. The Morgan fingerprint density at radius 3 is 2.89 bits per heavy atom. The molecule has 0 radical (unpaired) electrons. The first kappa shape index (κ1) is 13.3. The van der Waals surface area contributed by atoms with Gasteiger partial charge in [-0.1, -0.05) is 0 Å². The zero-order chi connectivity index (χ0) is 13.0. The van der Waals surface area contributed by atoms with E-state index < -0.39 is 0 Å². The third-order valence-electron chi connectivity index (χ3n) is 2.87. The van der Waals surface area contributed by atoms with Crippen molar-refractivity contribution >= 4 is 11.3 Å². The molecule has 0 saturated carbocycles. The Hall–Kier alpha value is -1.10. The van der Waals surface area contributed by atoms with Crippen LogP contribution in [0, 0.1) is 6.92 Å². The lowest BCUT2D eigenvalue weighted by atomic mass is 10.2. The molecule has 0 aliphatic heterocycles. The van der Waals surface area contributed by atoms with Crippen LogP contribution < -0.4 is 5.32 Å². The van der Waals surface area contributed by atoms with Gasteiger partial charge >= 0.3 is 0 Å². The van der Waals surface area contributed by atoms with E-state index >= 15 is 0 Å². The predicted molar refractivity (Wildman–Crippen MR) is 75.7 cm³/mol. The van der Waals surface area contributed by atoms with E-state index in [0.717, 1.165) is 31.2 Å². The molecule has 0 unspecified atom stereocenters. The first-order valence-electron chi connectivity index (χ1n) is 6.11. The topological polar surface area (TPSA) is 28.4 Å². The summed E-state index contributed by atoms with van der Waals surface area (Å²) in [6.07, 6.45) is 0. The van der Waals surface area contributed by atoms with Crippen molar-refractivity contribution in [2.45, 2.75) is 26.6 Å². The van der Waals surface area contributed by atoms with Gasteiger partial charge in [0, 0.05) is 6.54 Å². The van der Waals surface area contributed by atoms with Gasteiger partial charge in [0.1, 0.15) is 11.5 Å². The first-order valence-corrected chi connectivity index (χ1v) is 7.05. The number of hydrogen-bond donors (Lipinski definition) is 1. The molecule has 18 heavy (non-hydrogen) atoms. The second-order valence-electron chi connectivity index (χ2n) is 4.65. The van der Waals surface area contributed by atoms with Crippen molar-refractivity contribution in [2.24, 2.45) is 0 Å². The monoisotopic (exact) mass is 264 g/mol.